The smallest absolute Gasteiger partial charge is 0.342 e. The highest BCUT2D eigenvalue weighted by Crippen LogP contribution is 2.75. The zero-order valence-electron chi connectivity index (χ0n) is 12.7. The molecular weight excluding hydrogens is 337 g/mol. The van der Waals surface area contributed by atoms with E-state index in [0.717, 1.165) is 19.3 Å². The van der Waals surface area contributed by atoms with Gasteiger partial charge in [0.1, 0.15) is 5.75 Å². The lowest BCUT2D eigenvalue weighted by molar-refractivity contribution is -0.384. The molecule has 0 N–H and O–H groups in total. The first-order valence-corrected chi connectivity index (χ1v) is 10.6. The van der Waals surface area contributed by atoms with E-state index in [1.807, 2.05) is 0 Å². The first kappa shape index (κ1) is 15.5. The van der Waals surface area contributed by atoms with Gasteiger partial charge in [0.15, 0.2) is 0 Å². The zero-order chi connectivity index (χ0) is 16.2. The summed E-state index contributed by atoms with van der Waals surface area (Å²) in [5.74, 6) is 2.25. The maximum absolute atomic E-state index is 13.3. The largest absolute Gasteiger partial charge is 0.432 e. The Morgan fingerprint density at radius 2 is 1.57 bits per heavy atom. The lowest BCUT2D eigenvalue weighted by Gasteiger charge is -2.56. The minimum absolute atomic E-state index is 0.0171. The van der Waals surface area contributed by atoms with Gasteiger partial charge in [-0.3, -0.25) is 14.7 Å². The number of non-ortho nitro benzene ring substituents is 1. The van der Waals surface area contributed by atoms with Gasteiger partial charge in [0, 0.05) is 12.1 Å². The van der Waals surface area contributed by atoms with Gasteiger partial charge in [0.2, 0.25) is 0 Å². The molecule has 0 radical (unpaired) electrons. The third kappa shape index (κ3) is 2.58. The lowest BCUT2D eigenvalue weighted by Crippen LogP contribution is -2.50. The molecule has 1 aromatic carbocycles. The van der Waals surface area contributed by atoms with E-state index in [-0.39, 0.29) is 5.69 Å². The summed E-state index contributed by atoms with van der Waals surface area (Å²) in [5.41, 5.74) is -0.0171. The molecule has 23 heavy (non-hydrogen) atoms. The summed E-state index contributed by atoms with van der Waals surface area (Å²) in [6.45, 7) is -3.35. The molecule has 0 aliphatic heterocycles. The van der Waals surface area contributed by atoms with Crippen LogP contribution >= 0.6 is 18.0 Å². The van der Waals surface area contributed by atoms with Gasteiger partial charge >= 0.3 is 6.72 Å². The Morgan fingerprint density at radius 3 is 2.00 bits per heavy atom. The summed E-state index contributed by atoms with van der Waals surface area (Å²) in [4.78, 5) is 10.2. The predicted molar refractivity (Wildman–Crippen MR) is 88.1 cm³/mol. The second kappa shape index (κ2) is 5.22. The molecule has 4 saturated carbocycles. The first-order valence-electron chi connectivity index (χ1n) is 8.11. The fourth-order valence-corrected chi connectivity index (χ4v) is 8.13. The van der Waals surface area contributed by atoms with Crippen LogP contribution in [-0.4, -0.2) is 10.1 Å². The number of nitro groups is 1. The number of nitrogens with zero attached hydrogens (tertiary/aromatic N) is 1. The number of rotatable bonds is 4. The van der Waals surface area contributed by atoms with Crippen molar-refractivity contribution in [2.75, 3.05) is 0 Å². The van der Waals surface area contributed by atoms with Gasteiger partial charge in [-0.05, 0) is 79.7 Å². The molecule has 124 valence electrons. The van der Waals surface area contributed by atoms with Crippen LogP contribution in [0, 0.1) is 27.9 Å². The van der Waals surface area contributed by atoms with Crippen LogP contribution in [0.1, 0.15) is 38.5 Å². The van der Waals surface area contributed by atoms with Crippen molar-refractivity contribution >= 4 is 23.6 Å². The van der Waals surface area contributed by atoms with Gasteiger partial charge in [-0.25, -0.2) is 0 Å². The molecular formula is C16H19ClNO4P. The summed E-state index contributed by atoms with van der Waals surface area (Å²) in [7, 11) is 0. The molecule has 0 spiro atoms. The standard InChI is InChI=1S/C16H19ClNO4P/c17-23(21,22-15-3-1-14(2-4-15)18(19)20)16-8-11-5-12(9-16)7-13(6-11)10-16/h1-4,11-13H,5-10H2. The van der Waals surface area contributed by atoms with Crippen molar-refractivity contribution in [3.63, 3.8) is 0 Å². The third-order valence-electron chi connectivity index (χ3n) is 5.84. The van der Waals surface area contributed by atoms with E-state index in [2.05, 4.69) is 0 Å². The molecule has 4 aliphatic carbocycles. The highest BCUT2D eigenvalue weighted by Gasteiger charge is 2.60. The second-order valence-corrected chi connectivity index (χ2v) is 10.9. The molecule has 0 aromatic heterocycles. The molecule has 5 rings (SSSR count). The van der Waals surface area contributed by atoms with Crippen LogP contribution in [0.15, 0.2) is 24.3 Å². The summed E-state index contributed by atoms with van der Waals surface area (Å²) >= 11 is 6.49. The van der Waals surface area contributed by atoms with Gasteiger partial charge in [-0.15, -0.1) is 0 Å². The van der Waals surface area contributed by atoms with Gasteiger partial charge < -0.3 is 4.52 Å². The predicted octanol–water partition coefficient (Wildman–Crippen LogP) is 5.37. The van der Waals surface area contributed by atoms with E-state index in [1.165, 1.54) is 43.5 Å². The Hall–Kier alpha value is -1.06. The van der Waals surface area contributed by atoms with Gasteiger partial charge in [0.05, 0.1) is 10.1 Å². The van der Waals surface area contributed by atoms with Gasteiger partial charge in [-0.2, -0.15) is 0 Å². The Morgan fingerprint density at radius 1 is 1.09 bits per heavy atom. The van der Waals surface area contributed by atoms with Gasteiger partial charge in [-0.1, -0.05) is 0 Å². The number of benzene rings is 1. The summed E-state index contributed by atoms with van der Waals surface area (Å²) < 4.78 is 19.0. The topological polar surface area (TPSA) is 69.4 Å². The third-order valence-corrected chi connectivity index (χ3v) is 9.25. The fraction of sp³-hybridized carbons (Fsp3) is 0.625. The van der Waals surface area contributed by atoms with Crippen molar-refractivity contribution in [2.24, 2.45) is 17.8 Å². The van der Waals surface area contributed by atoms with E-state index < -0.39 is 16.8 Å². The van der Waals surface area contributed by atoms with E-state index in [1.54, 1.807) is 0 Å². The SMILES string of the molecule is O=[N+]([O-])c1ccc(OP(=O)(Cl)C23CC4CC(CC(C4)C2)C3)cc1. The Bertz CT molecular complexity index is 655. The van der Waals surface area contributed by atoms with E-state index >= 15 is 0 Å². The highest BCUT2D eigenvalue weighted by molar-refractivity contribution is 7.86. The number of hydrogen-bond acceptors (Lipinski definition) is 4. The number of halogens is 1. The van der Waals surface area contributed by atoms with Crippen molar-refractivity contribution in [3.8, 4) is 5.75 Å². The highest BCUT2D eigenvalue weighted by atomic mass is 35.7. The molecule has 1 aromatic rings. The summed E-state index contributed by atoms with van der Waals surface area (Å²) in [6.07, 6.45) is 6.42. The molecule has 0 saturated heterocycles. The Labute approximate surface area is 139 Å². The normalized spacial score (nSPS) is 37.3. The molecule has 0 heterocycles. The van der Waals surface area contributed by atoms with E-state index in [0.29, 0.717) is 23.5 Å². The zero-order valence-corrected chi connectivity index (χ0v) is 14.3. The van der Waals surface area contributed by atoms with Crippen LogP contribution in [-0.2, 0) is 4.57 Å². The quantitative estimate of drug-likeness (QED) is 0.413. The van der Waals surface area contributed by atoms with Crippen molar-refractivity contribution in [1.29, 1.82) is 0 Å². The van der Waals surface area contributed by atoms with Crippen LogP contribution in [0.4, 0.5) is 5.69 Å². The molecule has 1 unspecified atom stereocenters. The second-order valence-electron chi connectivity index (χ2n) is 7.46. The summed E-state index contributed by atoms with van der Waals surface area (Å²) in [5, 5.41) is 10.3. The van der Waals surface area contributed by atoms with Crippen LogP contribution in [0.25, 0.3) is 0 Å². The Balaban J connectivity index is 1.58. The molecule has 4 fully saturated rings. The van der Waals surface area contributed by atoms with Crippen LogP contribution in [0.2, 0.25) is 0 Å². The van der Waals surface area contributed by atoms with Crippen molar-refractivity contribution < 1.29 is 14.0 Å². The minimum Gasteiger partial charge on any atom is -0.432 e. The minimum atomic E-state index is -3.35. The average Bonchev–Trinajstić information content (AvgIpc) is 2.45. The lowest BCUT2D eigenvalue weighted by atomic mass is 9.56. The molecule has 4 bridgehead atoms. The van der Waals surface area contributed by atoms with Crippen LogP contribution in [0.5, 0.6) is 5.75 Å². The first-order chi connectivity index (χ1) is 10.9. The number of nitro benzene ring substituents is 1. The maximum atomic E-state index is 13.3. The van der Waals surface area contributed by atoms with E-state index in [9.17, 15) is 14.7 Å². The van der Waals surface area contributed by atoms with Crippen molar-refractivity contribution in [1.82, 2.24) is 0 Å². The molecule has 7 heteroatoms. The van der Waals surface area contributed by atoms with Crippen LogP contribution in [0.3, 0.4) is 0 Å². The maximum Gasteiger partial charge on any atom is 0.342 e. The van der Waals surface area contributed by atoms with E-state index in [4.69, 9.17) is 15.8 Å². The average molecular weight is 356 g/mol. The summed E-state index contributed by atoms with van der Waals surface area (Å²) in [6, 6.07) is 5.67. The van der Waals surface area contributed by atoms with Crippen molar-refractivity contribution in [2.45, 2.75) is 43.7 Å². The molecule has 1 atom stereocenters. The number of hydrogen-bond donors (Lipinski definition) is 0. The fourth-order valence-electron chi connectivity index (χ4n) is 5.25. The Kier molecular flexibility index (Phi) is 3.51. The molecule has 0 amide bonds. The van der Waals surface area contributed by atoms with Crippen LogP contribution < -0.4 is 4.52 Å². The molecule has 4 aliphatic rings. The monoisotopic (exact) mass is 355 g/mol. The van der Waals surface area contributed by atoms with Crippen molar-refractivity contribution in [3.05, 3.63) is 34.4 Å². The molecule has 5 nitrogen and oxygen atoms in total. The van der Waals surface area contributed by atoms with Gasteiger partial charge in [0.25, 0.3) is 5.69 Å².